The zero-order valence-electron chi connectivity index (χ0n) is 11.3. The predicted octanol–water partition coefficient (Wildman–Crippen LogP) is 3.76. The molecule has 0 saturated carbocycles. The van der Waals surface area contributed by atoms with Gasteiger partial charge < -0.3 is 10.1 Å². The van der Waals surface area contributed by atoms with Crippen molar-refractivity contribution in [2.75, 3.05) is 12.4 Å². The Bertz CT molecular complexity index is 590. The van der Waals surface area contributed by atoms with Crippen LogP contribution >= 0.6 is 11.3 Å². The van der Waals surface area contributed by atoms with E-state index in [1.54, 1.807) is 17.4 Å². The summed E-state index contributed by atoms with van der Waals surface area (Å²) in [6, 6.07) is 7.66. The van der Waals surface area contributed by atoms with Gasteiger partial charge in [0.05, 0.1) is 12.7 Å². The molecule has 0 fully saturated rings. The molecule has 19 heavy (non-hydrogen) atoms. The van der Waals surface area contributed by atoms with Crippen LogP contribution in [0.1, 0.15) is 26.4 Å². The van der Waals surface area contributed by atoms with Gasteiger partial charge in [0.25, 0.3) is 0 Å². The minimum absolute atomic E-state index is 0.302. The van der Waals surface area contributed by atoms with Crippen LogP contribution in [0, 0.1) is 13.8 Å². The van der Waals surface area contributed by atoms with Crippen molar-refractivity contribution in [1.82, 2.24) is 0 Å². The molecule has 1 aromatic carbocycles. The van der Waals surface area contributed by atoms with Gasteiger partial charge in [-0.15, -0.1) is 11.3 Å². The van der Waals surface area contributed by atoms with Crippen molar-refractivity contribution in [3.8, 4) is 0 Å². The maximum atomic E-state index is 11.4. The third kappa shape index (κ3) is 3.15. The number of rotatable bonds is 4. The summed E-state index contributed by atoms with van der Waals surface area (Å²) in [5.41, 5.74) is 3.97. The quantitative estimate of drug-likeness (QED) is 0.863. The molecule has 2 aromatic rings. The van der Waals surface area contributed by atoms with E-state index in [4.69, 9.17) is 4.74 Å². The van der Waals surface area contributed by atoms with Crippen molar-refractivity contribution in [2.45, 2.75) is 20.4 Å². The zero-order valence-corrected chi connectivity index (χ0v) is 12.1. The standard InChI is InChI=1S/C15H17NO2S/c1-10-6-7-19-14(10)9-16-13-5-4-12(8-11(13)2)15(17)18-3/h4-8,16H,9H2,1-3H3. The van der Waals surface area contributed by atoms with Gasteiger partial charge >= 0.3 is 5.97 Å². The number of methoxy groups -OCH3 is 1. The van der Waals surface area contributed by atoms with E-state index in [0.717, 1.165) is 17.8 Å². The maximum Gasteiger partial charge on any atom is 0.337 e. The number of thiophene rings is 1. The number of esters is 1. The number of anilines is 1. The van der Waals surface area contributed by atoms with Gasteiger partial charge in [-0.25, -0.2) is 4.79 Å². The second kappa shape index (κ2) is 5.89. The first-order valence-electron chi connectivity index (χ1n) is 6.07. The summed E-state index contributed by atoms with van der Waals surface area (Å²) in [5.74, 6) is -0.302. The van der Waals surface area contributed by atoms with Gasteiger partial charge in [0.15, 0.2) is 0 Å². The Kier molecular flexibility index (Phi) is 4.22. The highest BCUT2D eigenvalue weighted by Crippen LogP contribution is 2.21. The minimum atomic E-state index is -0.302. The number of aryl methyl sites for hydroxylation is 2. The number of ether oxygens (including phenoxy) is 1. The van der Waals surface area contributed by atoms with Gasteiger partial charge in [-0.05, 0) is 54.6 Å². The largest absolute Gasteiger partial charge is 0.465 e. The molecule has 4 heteroatoms. The highest BCUT2D eigenvalue weighted by Gasteiger charge is 2.07. The van der Waals surface area contributed by atoms with Crippen molar-refractivity contribution in [3.05, 3.63) is 51.2 Å². The van der Waals surface area contributed by atoms with Crippen molar-refractivity contribution in [3.63, 3.8) is 0 Å². The first kappa shape index (κ1) is 13.6. The molecular formula is C15H17NO2S. The third-order valence-corrected chi connectivity index (χ3v) is 4.08. The average Bonchev–Trinajstić information content (AvgIpc) is 2.82. The van der Waals surface area contributed by atoms with Crippen LogP contribution in [-0.2, 0) is 11.3 Å². The SMILES string of the molecule is COC(=O)c1ccc(NCc2sccc2C)c(C)c1. The van der Waals surface area contributed by atoms with Gasteiger partial charge in [0.2, 0.25) is 0 Å². The van der Waals surface area contributed by atoms with Crippen molar-refractivity contribution >= 4 is 23.0 Å². The van der Waals surface area contributed by atoms with Crippen LogP contribution in [-0.4, -0.2) is 13.1 Å². The van der Waals surface area contributed by atoms with Crippen molar-refractivity contribution < 1.29 is 9.53 Å². The number of carbonyl (C=O) groups excluding carboxylic acids is 1. The van der Waals surface area contributed by atoms with Gasteiger partial charge in [0, 0.05) is 17.1 Å². The van der Waals surface area contributed by atoms with Gasteiger partial charge in [0.1, 0.15) is 0 Å². The van der Waals surface area contributed by atoms with Crippen LogP contribution in [0.25, 0.3) is 0 Å². The third-order valence-electron chi connectivity index (χ3n) is 3.06. The van der Waals surface area contributed by atoms with Crippen LogP contribution in [0.2, 0.25) is 0 Å². The summed E-state index contributed by atoms with van der Waals surface area (Å²) in [5, 5.41) is 5.50. The number of carbonyl (C=O) groups is 1. The number of hydrogen-bond acceptors (Lipinski definition) is 4. The summed E-state index contributed by atoms with van der Waals surface area (Å²) in [4.78, 5) is 12.8. The molecule has 1 aromatic heterocycles. The van der Waals surface area contributed by atoms with E-state index in [0.29, 0.717) is 5.56 Å². The molecule has 3 nitrogen and oxygen atoms in total. The Balaban J connectivity index is 2.09. The second-order valence-electron chi connectivity index (χ2n) is 4.40. The summed E-state index contributed by atoms with van der Waals surface area (Å²) >= 11 is 1.75. The zero-order chi connectivity index (χ0) is 13.8. The van der Waals surface area contributed by atoms with Crippen LogP contribution in [0.15, 0.2) is 29.6 Å². The molecule has 0 aliphatic rings. The van der Waals surface area contributed by atoms with E-state index < -0.39 is 0 Å². The van der Waals surface area contributed by atoms with Gasteiger partial charge in [-0.2, -0.15) is 0 Å². The smallest absolute Gasteiger partial charge is 0.337 e. The van der Waals surface area contributed by atoms with Crippen LogP contribution in [0.5, 0.6) is 0 Å². The van der Waals surface area contributed by atoms with Crippen molar-refractivity contribution in [1.29, 1.82) is 0 Å². The lowest BCUT2D eigenvalue weighted by molar-refractivity contribution is 0.0600. The maximum absolute atomic E-state index is 11.4. The van der Waals surface area contributed by atoms with Crippen molar-refractivity contribution in [2.24, 2.45) is 0 Å². The molecule has 0 aliphatic carbocycles. The Labute approximate surface area is 117 Å². The minimum Gasteiger partial charge on any atom is -0.465 e. The van der Waals surface area contributed by atoms with Gasteiger partial charge in [-0.1, -0.05) is 0 Å². The fourth-order valence-electron chi connectivity index (χ4n) is 1.87. The van der Waals surface area contributed by atoms with E-state index in [1.165, 1.54) is 17.6 Å². The molecule has 0 saturated heterocycles. The monoisotopic (exact) mass is 275 g/mol. The van der Waals surface area contributed by atoms with Crippen LogP contribution in [0.4, 0.5) is 5.69 Å². The highest BCUT2D eigenvalue weighted by atomic mass is 32.1. The molecule has 1 heterocycles. The molecule has 0 unspecified atom stereocenters. The first-order valence-corrected chi connectivity index (χ1v) is 6.95. The predicted molar refractivity (Wildman–Crippen MR) is 78.9 cm³/mol. The molecule has 0 amide bonds. The molecule has 2 rings (SSSR count). The van der Waals surface area contributed by atoms with Gasteiger partial charge in [-0.3, -0.25) is 0 Å². The fraction of sp³-hybridized carbons (Fsp3) is 0.267. The Morgan fingerprint density at radius 2 is 2.05 bits per heavy atom. The molecule has 0 aliphatic heterocycles. The molecule has 0 radical (unpaired) electrons. The second-order valence-corrected chi connectivity index (χ2v) is 5.40. The molecule has 0 bridgehead atoms. The Morgan fingerprint density at radius 3 is 2.63 bits per heavy atom. The van der Waals surface area contributed by atoms with E-state index >= 15 is 0 Å². The average molecular weight is 275 g/mol. The highest BCUT2D eigenvalue weighted by molar-refractivity contribution is 7.10. The first-order chi connectivity index (χ1) is 9.11. The molecule has 0 atom stereocenters. The lowest BCUT2D eigenvalue weighted by atomic mass is 10.1. The van der Waals surface area contributed by atoms with E-state index in [1.807, 2.05) is 19.1 Å². The van der Waals surface area contributed by atoms with E-state index in [2.05, 4.69) is 23.7 Å². The number of nitrogens with one attached hydrogen (secondary N) is 1. The fourth-order valence-corrected chi connectivity index (χ4v) is 2.71. The Morgan fingerprint density at radius 1 is 1.26 bits per heavy atom. The van der Waals surface area contributed by atoms with Crippen LogP contribution in [0.3, 0.4) is 0 Å². The molecule has 0 spiro atoms. The number of benzene rings is 1. The summed E-state index contributed by atoms with van der Waals surface area (Å²) in [6.45, 7) is 4.90. The summed E-state index contributed by atoms with van der Waals surface area (Å²) < 4.78 is 4.71. The van der Waals surface area contributed by atoms with E-state index in [-0.39, 0.29) is 5.97 Å². The summed E-state index contributed by atoms with van der Waals surface area (Å²) in [6.07, 6.45) is 0. The van der Waals surface area contributed by atoms with Crippen LogP contribution < -0.4 is 5.32 Å². The number of hydrogen-bond donors (Lipinski definition) is 1. The van der Waals surface area contributed by atoms with E-state index in [9.17, 15) is 4.79 Å². The molecule has 1 N–H and O–H groups in total. The normalized spacial score (nSPS) is 10.3. The summed E-state index contributed by atoms with van der Waals surface area (Å²) in [7, 11) is 1.39. The molecule has 100 valence electrons. The topological polar surface area (TPSA) is 38.3 Å². The lowest BCUT2D eigenvalue weighted by Gasteiger charge is -2.10. The Hall–Kier alpha value is -1.81. The lowest BCUT2D eigenvalue weighted by Crippen LogP contribution is -2.04. The molecular weight excluding hydrogens is 258 g/mol.